The first kappa shape index (κ1) is 14.0. The third-order valence-electron chi connectivity index (χ3n) is 2.50. The number of hydrogen-bond acceptors (Lipinski definition) is 2. The molecule has 0 spiro atoms. The smallest absolute Gasteiger partial charge is 0.133 e. The molecule has 2 rings (SSSR count). The fourth-order valence-corrected chi connectivity index (χ4v) is 2.12. The summed E-state index contributed by atoms with van der Waals surface area (Å²) in [5.74, 6) is -0.684. The maximum atomic E-state index is 13.1. The highest BCUT2D eigenvalue weighted by molar-refractivity contribution is 9.10. The van der Waals surface area contributed by atoms with Gasteiger partial charge in [0.05, 0.1) is 0 Å². The molecule has 0 saturated heterocycles. The van der Waals surface area contributed by atoms with Crippen LogP contribution in [0.1, 0.15) is 5.56 Å². The van der Waals surface area contributed by atoms with Gasteiger partial charge in [-0.1, -0.05) is 15.9 Å². The van der Waals surface area contributed by atoms with E-state index >= 15 is 0 Å². The zero-order valence-electron chi connectivity index (χ0n) is 10.00. The first-order valence-electron chi connectivity index (χ1n) is 5.71. The lowest BCUT2D eigenvalue weighted by Crippen LogP contribution is -2.04. The topological polar surface area (TPSA) is 35.2 Å². The summed E-state index contributed by atoms with van der Waals surface area (Å²) in [4.78, 5) is 0. The largest absolute Gasteiger partial charge is 0.457 e. The lowest BCUT2D eigenvalue weighted by atomic mass is 10.1. The Labute approximate surface area is 118 Å². The minimum Gasteiger partial charge on any atom is -0.457 e. The fraction of sp³-hybridized carbons (Fsp3) is 0.143. The van der Waals surface area contributed by atoms with Gasteiger partial charge in [0.25, 0.3) is 0 Å². The number of ether oxygens (including phenoxy) is 1. The molecule has 0 aliphatic rings. The molecule has 0 amide bonds. The summed E-state index contributed by atoms with van der Waals surface area (Å²) < 4.78 is 32.6. The molecule has 2 N–H and O–H groups in total. The van der Waals surface area contributed by atoms with Gasteiger partial charge in [-0.2, -0.15) is 0 Å². The zero-order valence-corrected chi connectivity index (χ0v) is 11.6. The summed E-state index contributed by atoms with van der Waals surface area (Å²) >= 11 is 3.36. The van der Waals surface area contributed by atoms with E-state index < -0.39 is 11.6 Å². The van der Waals surface area contributed by atoms with Gasteiger partial charge in [0.15, 0.2) is 0 Å². The van der Waals surface area contributed by atoms with E-state index in [2.05, 4.69) is 15.9 Å². The average molecular weight is 328 g/mol. The monoisotopic (exact) mass is 327 g/mol. The lowest BCUT2D eigenvalue weighted by molar-refractivity contribution is 0.463. The SMILES string of the molecule is NCCc1cc(Br)ccc1Oc1cc(F)cc(F)c1. The van der Waals surface area contributed by atoms with Gasteiger partial charge in [0.1, 0.15) is 23.1 Å². The number of rotatable bonds is 4. The van der Waals surface area contributed by atoms with Crippen molar-refractivity contribution < 1.29 is 13.5 Å². The maximum absolute atomic E-state index is 13.1. The molecule has 0 fully saturated rings. The predicted molar refractivity (Wildman–Crippen MR) is 73.3 cm³/mol. The lowest BCUT2D eigenvalue weighted by Gasteiger charge is -2.11. The molecule has 0 saturated carbocycles. The second kappa shape index (κ2) is 6.12. The summed E-state index contributed by atoms with van der Waals surface area (Å²) in [5, 5.41) is 0. The van der Waals surface area contributed by atoms with Crippen molar-refractivity contribution in [2.75, 3.05) is 6.54 Å². The quantitative estimate of drug-likeness (QED) is 0.920. The molecule has 0 heterocycles. The van der Waals surface area contributed by atoms with Crippen LogP contribution in [0.2, 0.25) is 0 Å². The summed E-state index contributed by atoms with van der Waals surface area (Å²) in [6.07, 6.45) is 0.618. The van der Waals surface area contributed by atoms with Crippen molar-refractivity contribution in [1.82, 2.24) is 0 Å². The van der Waals surface area contributed by atoms with Crippen LogP contribution in [0.3, 0.4) is 0 Å². The van der Waals surface area contributed by atoms with E-state index in [0.717, 1.165) is 28.2 Å². The van der Waals surface area contributed by atoms with Gasteiger partial charge in [-0.25, -0.2) is 8.78 Å². The van der Waals surface area contributed by atoms with Gasteiger partial charge in [-0.15, -0.1) is 0 Å². The third-order valence-corrected chi connectivity index (χ3v) is 2.99. The Kier molecular flexibility index (Phi) is 4.50. The molecule has 100 valence electrons. The summed E-state index contributed by atoms with van der Waals surface area (Å²) in [5.41, 5.74) is 6.41. The normalized spacial score (nSPS) is 10.5. The summed E-state index contributed by atoms with van der Waals surface area (Å²) in [6, 6.07) is 8.48. The van der Waals surface area contributed by atoms with Gasteiger partial charge in [0.2, 0.25) is 0 Å². The molecule has 19 heavy (non-hydrogen) atoms. The second-order valence-corrected chi connectivity index (χ2v) is 4.91. The zero-order chi connectivity index (χ0) is 13.8. The van der Waals surface area contributed by atoms with Gasteiger partial charge < -0.3 is 10.5 Å². The molecule has 0 aromatic heterocycles. The number of nitrogens with two attached hydrogens (primary N) is 1. The molecule has 0 unspecified atom stereocenters. The van der Waals surface area contributed by atoms with Crippen LogP contribution < -0.4 is 10.5 Å². The van der Waals surface area contributed by atoms with Crippen LogP contribution in [-0.4, -0.2) is 6.54 Å². The first-order chi connectivity index (χ1) is 9.08. The highest BCUT2D eigenvalue weighted by Gasteiger charge is 2.07. The third kappa shape index (κ3) is 3.75. The Hall–Kier alpha value is -1.46. The van der Waals surface area contributed by atoms with Gasteiger partial charge in [-0.3, -0.25) is 0 Å². The predicted octanol–water partition coefficient (Wildman–Crippen LogP) is 4.02. The Morgan fingerprint density at radius 3 is 2.37 bits per heavy atom. The molecule has 2 aromatic rings. The van der Waals surface area contributed by atoms with Crippen LogP contribution in [0.5, 0.6) is 11.5 Å². The number of benzene rings is 2. The van der Waals surface area contributed by atoms with E-state index in [4.69, 9.17) is 10.5 Å². The van der Waals surface area contributed by atoms with Crippen molar-refractivity contribution in [3.05, 3.63) is 58.1 Å². The molecule has 0 bridgehead atoms. The molecule has 5 heteroatoms. The molecule has 0 atom stereocenters. The molecule has 0 radical (unpaired) electrons. The Bertz CT molecular complexity index is 569. The van der Waals surface area contributed by atoms with Crippen molar-refractivity contribution in [3.63, 3.8) is 0 Å². The summed E-state index contributed by atoms with van der Waals surface area (Å²) in [6.45, 7) is 0.463. The fourth-order valence-electron chi connectivity index (χ4n) is 1.71. The highest BCUT2D eigenvalue weighted by atomic mass is 79.9. The van der Waals surface area contributed by atoms with Crippen molar-refractivity contribution in [2.45, 2.75) is 6.42 Å². The van der Waals surface area contributed by atoms with Crippen LogP contribution >= 0.6 is 15.9 Å². The molecular weight excluding hydrogens is 316 g/mol. The van der Waals surface area contributed by atoms with Crippen molar-refractivity contribution >= 4 is 15.9 Å². The van der Waals surface area contributed by atoms with E-state index in [0.29, 0.717) is 18.7 Å². The maximum Gasteiger partial charge on any atom is 0.133 e. The molecule has 2 aromatic carbocycles. The van der Waals surface area contributed by atoms with Gasteiger partial charge in [-0.05, 0) is 36.7 Å². The van der Waals surface area contributed by atoms with E-state index in [-0.39, 0.29) is 5.75 Å². The van der Waals surface area contributed by atoms with Crippen LogP contribution in [0.25, 0.3) is 0 Å². The Balaban J connectivity index is 2.31. The molecular formula is C14H12BrF2NO. The minimum absolute atomic E-state index is 0.123. The van der Waals surface area contributed by atoms with Crippen LogP contribution in [0.4, 0.5) is 8.78 Å². The van der Waals surface area contributed by atoms with Crippen LogP contribution in [0, 0.1) is 11.6 Å². The molecule has 2 nitrogen and oxygen atoms in total. The van der Waals surface area contributed by atoms with Crippen molar-refractivity contribution in [1.29, 1.82) is 0 Å². The standard InChI is InChI=1S/C14H12BrF2NO/c15-10-1-2-14(9(5-10)3-4-18)19-13-7-11(16)6-12(17)8-13/h1-2,5-8H,3-4,18H2. The van der Waals surface area contributed by atoms with E-state index in [1.807, 2.05) is 6.07 Å². The summed E-state index contributed by atoms with van der Waals surface area (Å²) in [7, 11) is 0. The number of hydrogen-bond donors (Lipinski definition) is 1. The van der Waals surface area contributed by atoms with Gasteiger partial charge in [0, 0.05) is 22.7 Å². The van der Waals surface area contributed by atoms with Crippen molar-refractivity contribution in [2.24, 2.45) is 5.73 Å². The van der Waals surface area contributed by atoms with E-state index in [9.17, 15) is 8.78 Å². The Morgan fingerprint density at radius 1 is 1.05 bits per heavy atom. The van der Waals surface area contributed by atoms with Crippen LogP contribution in [-0.2, 0) is 6.42 Å². The molecule has 0 aliphatic heterocycles. The first-order valence-corrected chi connectivity index (χ1v) is 6.50. The molecule has 0 aliphatic carbocycles. The van der Waals surface area contributed by atoms with E-state index in [1.54, 1.807) is 12.1 Å². The minimum atomic E-state index is -0.674. The van der Waals surface area contributed by atoms with Crippen molar-refractivity contribution in [3.8, 4) is 11.5 Å². The highest BCUT2D eigenvalue weighted by Crippen LogP contribution is 2.29. The van der Waals surface area contributed by atoms with Gasteiger partial charge >= 0.3 is 0 Å². The Morgan fingerprint density at radius 2 is 1.74 bits per heavy atom. The van der Waals surface area contributed by atoms with Crippen LogP contribution in [0.15, 0.2) is 40.9 Å². The van der Waals surface area contributed by atoms with E-state index in [1.165, 1.54) is 0 Å². The number of halogens is 3. The second-order valence-electron chi connectivity index (χ2n) is 4.00. The average Bonchev–Trinajstić information content (AvgIpc) is 2.32.